The van der Waals surface area contributed by atoms with Crippen LogP contribution in [-0.2, 0) is 52.6 Å². The molecule has 0 saturated carbocycles. The molecule has 4 N–H and O–H groups in total. The first-order chi connectivity index (χ1) is 13.8. The summed E-state index contributed by atoms with van der Waals surface area (Å²) >= 11 is 1.21. The maximum Gasteiger partial charge on any atom is 0.341 e. The van der Waals surface area contributed by atoms with Gasteiger partial charge in [0.15, 0.2) is 28.4 Å². The van der Waals surface area contributed by atoms with E-state index in [0.29, 0.717) is 37.1 Å². The molecular weight excluding hydrogens is 528 g/mol. The van der Waals surface area contributed by atoms with Gasteiger partial charge in [0.1, 0.15) is 0 Å². The van der Waals surface area contributed by atoms with Gasteiger partial charge in [-0.15, -0.1) is 0 Å². The Bertz CT molecular complexity index is 848. The maximum absolute atomic E-state index is 11.9. The van der Waals surface area contributed by atoms with Gasteiger partial charge in [0.2, 0.25) is 0 Å². The molecule has 180 valence electrons. The quantitative estimate of drug-likeness (QED) is 0.214. The lowest BCUT2D eigenvalue weighted by Crippen LogP contribution is -3.00. The van der Waals surface area contributed by atoms with Gasteiger partial charge in [-0.1, -0.05) is 39.5 Å². The topological polar surface area (TPSA) is 136 Å². The van der Waals surface area contributed by atoms with Crippen molar-refractivity contribution in [2.24, 2.45) is 0 Å². The summed E-state index contributed by atoms with van der Waals surface area (Å²) in [5, 5.41) is -2.06. The minimum atomic E-state index is -5.04. The van der Waals surface area contributed by atoms with Crippen LogP contribution in [0.3, 0.4) is 0 Å². The lowest BCUT2D eigenvalue weighted by Gasteiger charge is -2.24. The molecule has 0 radical (unpaired) electrons. The lowest BCUT2D eigenvalue weighted by atomic mass is 9.90. The van der Waals surface area contributed by atoms with Gasteiger partial charge in [0.25, 0.3) is 0 Å². The van der Waals surface area contributed by atoms with Crippen molar-refractivity contribution in [1.82, 2.24) is 0 Å². The molecule has 0 aliphatic carbocycles. The molecule has 0 amide bonds. The van der Waals surface area contributed by atoms with Crippen molar-refractivity contribution >= 4 is 32.1 Å². The molecule has 0 aliphatic heterocycles. The fourth-order valence-corrected chi connectivity index (χ4v) is 7.05. The average Bonchev–Trinajstić information content (AvgIpc) is 2.62. The molecule has 1 rings (SSSR count). The average molecular weight is 562 g/mol. The van der Waals surface area contributed by atoms with Gasteiger partial charge < -0.3 is 36.6 Å². The second-order valence-corrected chi connectivity index (χ2v) is 12.4. The van der Waals surface area contributed by atoms with Crippen molar-refractivity contribution in [3.05, 3.63) is 28.1 Å². The van der Waals surface area contributed by atoms with E-state index < -0.39 is 27.0 Å². The van der Waals surface area contributed by atoms with Crippen molar-refractivity contribution in [2.75, 3.05) is 5.75 Å². The minimum absolute atomic E-state index is 0. The van der Waals surface area contributed by atoms with Crippen molar-refractivity contribution in [2.45, 2.75) is 78.7 Å². The normalized spacial score (nSPS) is 12.2. The number of carbonyl (C=O) groups excluding carboxylic acids is 1. The van der Waals surface area contributed by atoms with E-state index in [2.05, 4.69) is 4.57 Å². The van der Waals surface area contributed by atoms with Gasteiger partial charge in [-0.2, -0.15) is 4.57 Å². The van der Waals surface area contributed by atoms with Crippen molar-refractivity contribution in [1.29, 1.82) is 0 Å². The van der Waals surface area contributed by atoms with E-state index in [1.165, 1.54) is 18.7 Å². The number of thioether (sulfide) groups is 1. The highest BCUT2D eigenvalue weighted by molar-refractivity contribution is 8.13. The van der Waals surface area contributed by atoms with Gasteiger partial charge in [0.05, 0.1) is 5.75 Å². The van der Waals surface area contributed by atoms with Crippen LogP contribution in [0.5, 0.6) is 0 Å². The first kappa shape index (κ1) is 30.9. The van der Waals surface area contributed by atoms with Crippen LogP contribution >= 0.6 is 27.0 Å². The van der Waals surface area contributed by atoms with E-state index in [4.69, 9.17) is 0 Å². The second-order valence-electron chi connectivity index (χ2n) is 7.10. The Labute approximate surface area is 199 Å². The fourth-order valence-electron chi connectivity index (χ4n) is 4.08. The van der Waals surface area contributed by atoms with Crippen LogP contribution in [0.4, 0.5) is 0 Å². The predicted octanol–water partition coefficient (Wildman–Crippen LogP) is -0.269. The first-order valence-electron chi connectivity index (χ1n) is 10.1. The molecule has 0 atom stereocenters. The molecular formula is C19H34BrNO7P2S. The molecule has 1 aromatic rings. The molecule has 8 nitrogen and oxygen atoms in total. The monoisotopic (exact) mass is 561 g/mol. The highest BCUT2D eigenvalue weighted by Crippen LogP contribution is 2.61. The van der Waals surface area contributed by atoms with E-state index in [9.17, 15) is 33.5 Å². The molecule has 1 heterocycles. The number of carbonyl (C=O) groups is 1. The molecule has 0 aliphatic rings. The number of halogens is 1. The lowest BCUT2D eigenvalue weighted by molar-refractivity contribution is -0.707. The number of nitrogens with zero attached hydrogens (tertiary/aromatic N) is 1. The third kappa shape index (κ3) is 8.04. The zero-order valence-electron chi connectivity index (χ0n) is 18.7. The van der Waals surface area contributed by atoms with Crippen LogP contribution in [0.1, 0.15) is 62.7 Å². The first-order valence-corrected chi connectivity index (χ1v) is 14.5. The zero-order chi connectivity index (χ0) is 23.3. The number of hydrogen-bond donors (Lipinski definition) is 4. The second kappa shape index (κ2) is 13.0. The van der Waals surface area contributed by atoms with Gasteiger partial charge in [-0.3, -0.25) is 13.9 Å². The highest BCUT2D eigenvalue weighted by atomic mass is 79.9. The van der Waals surface area contributed by atoms with Crippen molar-refractivity contribution in [3.8, 4) is 0 Å². The van der Waals surface area contributed by atoms with Crippen LogP contribution < -0.4 is 21.5 Å². The van der Waals surface area contributed by atoms with Crippen LogP contribution in [0.25, 0.3) is 0 Å². The summed E-state index contributed by atoms with van der Waals surface area (Å²) in [5.74, 6) is 0.550. The maximum atomic E-state index is 11.9. The number of rotatable bonds is 11. The molecule has 0 spiro atoms. The highest BCUT2D eigenvalue weighted by Gasteiger charge is 2.45. The Morgan fingerprint density at radius 2 is 1.32 bits per heavy atom. The SMILES string of the molecule is CCc1c(CC)c(CC)[n+](CCSC(C)=O)c(CC)c1CC(P(=O)(O)O)P(=O)(O)O.[Br-]. The van der Waals surface area contributed by atoms with Gasteiger partial charge in [-0.25, -0.2) is 0 Å². The Morgan fingerprint density at radius 1 is 0.871 bits per heavy atom. The largest absolute Gasteiger partial charge is 1.00 e. The fraction of sp³-hybridized carbons (Fsp3) is 0.684. The summed E-state index contributed by atoms with van der Waals surface area (Å²) in [6, 6.07) is 0. The summed E-state index contributed by atoms with van der Waals surface area (Å²) in [4.78, 5) is 50.1. The summed E-state index contributed by atoms with van der Waals surface area (Å²) in [6.07, 6.45) is 2.18. The number of hydrogen-bond acceptors (Lipinski definition) is 4. The molecule has 31 heavy (non-hydrogen) atoms. The molecule has 0 bridgehead atoms. The summed E-state index contributed by atoms with van der Waals surface area (Å²) in [7, 11) is -10.1. The Kier molecular flexibility index (Phi) is 13.0. The summed E-state index contributed by atoms with van der Waals surface area (Å²) in [6.45, 7) is 9.94. The third-order valence-corrected chi connectivity index (χ3v) is 9.75. The van der Waals surface area contributed by atoms with E-state index >= 15 is 0 Å². The van der Waals surface area contributed by atoms with Gasteiger partial charge in [-0.05, 0) is 18.4 Å². The van der Waals surface area contributed by atoms with Crippen molar-refractivity contribution in [3.63, 3.8) is 0 Å². The summed E-state index contributed by atoms with van der Waals surface area (Å²) in [5.41, 5.74) is 4.49. The Balaban J connectivity index is 0.00000900. The van der Waals surface area contributed by atoms with Gasteiger partial charge in [0, 0.05) is 37.3 Å². The number of aromatic nitrogens is 1. The van der Waals surface area contributed by atoms with E-state index in [-0.39, 0.29) is 22.1 Å². The van der Waals surface area contributed by atoms with Gasteiger partial charge >= 0.3 is 15.2 Å². The molecule has 1 aromatic heterocycles. The van der Waals surface area contributed by atoms with E-state index in [0.717, 1.165) is 28.9 Å². The summed E-state index contributed by atoms with van der Waals surface area (Å²) < 4.78 is 26.0. The smallest absolute Gasteiger partial charge is 0.341 e. The standard InChI is InChI=1S/C19H33NO7P2S.BrH/c1-6-14-15(7-2)17(8-3)20(10-11-30-13(5)21)18(9-4)16(14)12-19(28(22,23)24)29(25,26)27;/h19H,6-12H2,1-5H3,(H3-,22,23,24,25,26,27);1H. The van der Waals surface area contributed by atoms with Crippen LogP contribution in [-0.4, -0.2) is 35.8 Å². The molecule has 0 aromatic carbocycles. The third-order valence-electron chi connectivity index (χ3n) is 5.24. The van der Waals surface area contributed by atoms with E-state index in [1.54, 1.807) is 0 Å². The van der Waals surface area contributed by atoms with Crippen LogP contribution in [0.2, 0.25) is 0 Å². The van der Waals surface area contributed by atoms with Crippen molar-refractivity contribution < 1.29 is 55.0 Å². The molecule has 0 saturated heterocycles. The van der Waals surface area contributed by atoms with E-state index in [1.807, 2.05) is 27.7 Å². The van der Waals surface area contributed by atoms with Crippen LogP contribution in [0, 0.1) is 0 Å². The molecule has 0 fully saturated rings. The predicted molar refractivity (Wildman–Crippen MR) is 119 cm³/mol. The molecule has 0 unspecified atom stereocenters. The zero-order valence-corrected chi connectivity index (χ0v) is 22.9. The number of pyridine rings is 1. The van der Waals surface area contributed by atoms with Crippen LogP contribution in [0.15, 0.2) is 0 Å². The minimum Gasteiger partial charge on any atom is -1.00 e. The molecule has 12 heteroatoms. The Hall–Kier alpha value is -0.0500. The Morgan fingerprint density at radius 3 is 1.68 bits per heavy atom.